The zero-order chi connectivity index (χ0) is 13.6. The lowest BCUT2D eigenvalue weighted by Gasteiger charge is -2.07. The Kier molecular flexibility index (Phi) is 2.91. The summed E-state index contributed by atoms with van der Waals surface area (Å²) < 4.78 is 37.3. The molecule has 2 atom stereocenters. The molecular formula is C15H15F3O. The van der Waals surface area contributed by atoms with Crippen molar-refractivity contribution in [2.24, 2.45) is 17.8 Å². The summed E-state index contributed by atoms with van der Waals surface area (Å²) in [7, 11) is 0. The number of carbonyl (C=O) groups excluding carboxylic acids is 1. The second kappa shape index (κ2) is 4.36. The lowest BCUT2D eigenvalue weighted by molar-refractivity contribution is -0.137. The van der Waals surface area contributed by atoms with Gasteiger partial charge in [0.05, 0.1) is 5.56 Å². The summed E-state index contributed by atoms with van der Waals surface area (Å²) in [6.45, 7) is 0. The molecule has 2 aliphatic rings. The molecule has 0 heterocycles. The van der Waals surface area contributed by atoms with E-state index in [-0.39, 0.29) is 11.7 Å². The van der Waals surface area contributed by atoms with Crippen molar-refractivity contribution in [3.8, 4) is 0 Å². The first-order valence-corrected chi connectivity index (χ1v) is 6.70. The Balaban J connectivity index is 1.74. The van der Waals surface area contributed by atoms with E-state index in [1.54, 1.807) is 0 Å². The second-order valence-electron chi connectivity index (χ2n) is 5.58. The molecule has 1 nitrogen and oxygen atoms in total. The van der Waals surface area contributed by atoms with Gasteiger partial charge in [-0.25, -0.2) is 0 Å². The van der Waals surface area contributed by atoms with Crippen LogP contribution in [-0.2, 0) is 6.18 Å². The van der Waals surface area contributed by atoms with E-state index in [2.05, 4.69) is 0 Å². The van der Waals surface area contributed by atoms with E-state index >= 15 is 0 Å². The zero-order valence-corrected chi connectivity index (χ0v) is 10.4. The first-order chi connectivity index (χ1) is 8.98. The monoisotopic (exact) mass is 268 g/mol. The Morgan fingerprint density at radius 2 is 1.53 bits per heavy atom. The molecule has 2 aliphatic carbocycles. The van der Waals surface area contributed by atoms with Crippen LogP contribution in [-0.4, -0.2) is 5.78 Å². The molecular weight excluding hydrogens is 253 g/mol. The maximum atomic E-state index is 12.4. The first kappa shape index (κ1) is 12.7. The van der Waals surface area contributed by atoms with Gasteiger partial charge in [0.1, 0.15) is 0 Å². The normalized spacial score (nSPS) is 29.7. The largest absolute Gasteiger partial charge is 0.416 e. The maximum Gasteiger partial charge on any atom is 0.416 e. The number of fused-ring (bicyclic) bond motifs is 1. The van der Waals surface area contributed by atoms with Crippen molar-refractivity contribution in [1.82, 2.24) is 0 Å². The van der Waals surface area contributed by atoms with Gasteiger partial charge in [0, 0.05) is 11.5 Å². The molecule has 0 N–H and O–H groups in total. The highest BCUT2D eigenvalue weighted by atomic mass is 19.4. The average Bonchev–Trinajstić information content (AvgIpc) is 3.11. The second-order valence-corrected chi connectivity index (χ2v) is 5.58. The predicted octanol–water partition coefficient (Wildman–Crippen LogP) is 4.32. The summed E-state index contributed by atoms with van der Waals surface area (Å²) in [5, 5.41) is 0. The van der Waals surface area contributed by atoms with Gasteiger partial charge in [-0.2, -0.15) is 13.2 Å². The predicted molar refractivity (Wildman–Crippen MR) is 64.7 cm³/mol. The molecule has 0 saturated heterocycles. The molecule has 102 valence electrons. The molecule has 2 saturated carbocycles. The molecule has 0 aromatic heterocycles. The van der Waals surface area contributed by atoms with Crippen molar-refractivity contribution in [3.05, 3.63) is 35.4 Å². The van der Waals surface area contributed by atoms with Crippen LogP contribution in [0, 0.1) is 17.8 Å². The van der Waals surface area contributed by atoms with E-state index in [0.717, 1.165) is 25.0 Å². The Morgan fingerprint density at radius 1 is 1.00 bits per heavy atom. The van der Waals surface area contributed by atoms with Gasteiger partial charge in [-0.15, -0.1) is 0 Å². The Bertz CT molecular complexity index is 477. The molecule has 0 amide bonds. The smallest absolute Gasteiger partial charge is 0.294 e. The number of hydrogen-bond donors (Lipinski definition) is 0. The van der Waals surface area contributed by atoms with Crippen molar-refractivity contribution < 1.29 is 18.0 Å². The number of rotatable bonds is 2. The van der Waals surface area contributed by atoms with Gasteiger partial charge in [0.2, 0.25) is 0 Å². The molecule has 19 heavy (non-hydrogen) atoms. The lowest BCUT2D eigenvalue weighted by Crippen LogP contribution is -2.07. The number of ketones is 1. The molecule has 3 rings (SSSR count). The molecule has 0 bridgehead atoms. The van der Waals surface area contributed by atoms with Crippen molar-refractivity contribution >= 4 is 5.78 Å². The van der Waals surface area contributed by atoms with Gasteiger partial charge in [0.15, 0.2) is 5.78 Å². The standard InChI is InChI=1S/C15H15F3O/c16-15(17,18)10-7-5-9(6-8-10)14(19)13-11-3-1-2-4-12(11)13/h5-8,11-13H,1-4H2. The van der Waals surface area contributed by atoms with Crippen molar-refractivity contribution in [3.63, 3.8) is 0 Å². The third-order valence-electron chi connectivity index (χ3n) is 4.46. The summed E-state index contributed by atoms with van der Waals surface area (Å²) in [5.41, 5.74) is -0.273. The topological polar surface area (TPSA) is 17.1 Å². The van der Waals surface area contributed by atoms with Crippen LogP contribution in [0.2, 0.25) is 0 Å². The first-order valence-electron chi connectivity index (χ1n) is 6.70. The molecule has 4 heteroatoms. The number of hydrogen-bond acceptors (Lipinski definition) is 1. The summed E-state index contributed by atoms with van der Waals surface area (Å²) in [5.74, 6) is 1.08. The summed E-state index contributed by atoms with van der Waals surface area (Å²) in [6.07, 6.45) is 0.217. The van der Waals surface area contributed by atoms with Crippen LogP contribution in [0.5, 0.6) is 0 Å². The van der Waals surface area contributed by atoms with Crippen LogP contribution in [0.1, 0.15) is 41.6 Å². The van der Waals surface area contributed by atoms with Gasteiger partial charge in [-0.3, -0.25) is 4.79 Å². The minimum atomic E-state index is -4.34. The number of halogens is 3. The molecule has 2 fully saturated rings. The Labute approximate surface area is 109 Å². The van der Waals surface area contributed by atoms with E-state index in [9.17, 15) is 18.0 Å². The van der Waals surface area contributed by atoms with Crippen LogP contribution in [0.4, 0.5) is 13.2 Å². The minimum absolute atomic E-state index is 0.0330. The highest BCUT2D eigenvalue weighted by Crippen LogP contribution is 2.56. The van der Waals surface area contributed by atoms with E-state index in [0.29, 0.717) is 17.4 Å². The molecule has 1 aromatic rings. The van der Waals surface area contributed by atoms with Crippen molar-refractivity contribution in [1.29, 1.82) is 0 Å². The van der Waals surface area contributed by atoms with Crippen LogP contribution >= 0.6 is 0 Å². The molecule has 0 aliphatic heterocycles. The van der Waals surface area contributed by atoms with Gasteiger partial charge in [-0.05, 0) is 36.8 Å². The van der Waals surface area contributed by atoms with Gasteiger partial charge < -0.3 is 0 Å². The third-order valence-corrected chi connectivity index (χ3v) is 4.46. The quantitative estimate of drug-likeness (QED) is 0.730. The summed E-state index contributed by atoms with van der Waals surface area (Å²) in [4.78, 5) is 12.3. The van der Waals surface area contributed by atoms with Gasteiger partial charge >= 0.3 is 6.18 Å². The number of alkyl halides is 3. The summed E-state index contributed by atoms with van der Waals surface area (Å²) in [6, 6.07) is 4.63. The Morgan fingerprint density at radius 3 is 2.00 bits per heavy atom. The minimum Gasteiger partial charge on any atom is -0.294 e. The Hall–Kier alpha value is -1.32. The fourth-order valence-electron chi connectivity index (χ4n) is 3.40. The fraction of sp³-hybridized carbons (Fsp3) is 0.533. The number of benzene rings is 1. The molecule has 1 aromatic carbocycles. The fourth-order valence-corrected chi connectivity index (χ4v) is 3.40. The van der Waals surface area contributed by atoms with E-state index in [1.807, 2.05) is 0 Å². The lowest BCUT2D eigenvalue weighted by atomic mass is 10.0. The van der Waals surface area contributed by atoms with Crippen molar-refractivity contribution in [2.75, 3.05) is 0 Å². The van der Waals surface area contributed by atoms with Crippen molar-refractivity contribution in [2.45, 2.75) is 31.9 Å². The van der Waals surface area contributed by atoms with E-state index in [1.165, 1.54) is 25.0 Å². The highest BCUT2D eigenvalue weighted by molar-refractivity contribution is 6.00. The SMILES string of the molecule is O=C(c1ccc(C(F)(F)F)cc1)C1C2CCCCC21. The van der Waals surface area contributed by atoms with Crippen LogP contribution < -0.4 is 0 Å². The highest BCUT2D eigenvalue weighted by Gasteiger charge is 2.54. The number of Topliss-reactive ketones (excluding diaryl/α,β-unsaturated/α-hetero) is 1. The molecule has 0 radical (unpaired) electrons. The maximum absolute atomic E-state index is 12.4. The van der Waals surface area contributed by atoms with E-state index < -0.39 is 11.7 Å². The number of carbonyl (C=O) groups is 1. The van der Waals surface area contributed by atoms with Gasteiger partial charge in [0.25, 0.3) is 0 Å². The van der Waals surface area contributed by atoms with Crippen LogP contribution in [0.25, 0.3) is 0 Å². The van der Waals surface area contributed by atoms with Crippen LogP contribution in [0.3, 0.4) is 0 Å². The van der Waals surface area contributed by atoms with Gasteiger partial charge in [-0.1, -0.05) is 25.0 Å². The van der Waals surface area contributed by atoms with E-state index in [4.69, 9.17) is 0 Å². The molecule has 0 spiro atoms. The van der Waals surface area contributed by atoms with Crippen LogP contribution in [0.15, 0.2) is 24.3 Å². The molecule has 2 unspecified atom stereocenters. The summed E-state index contributed by atoms with van der Waals surface area (Å²) >= 11 is 0. The average molecular weight is 268 g/mol. The third kappa shape index (κ3) is 2.28. The zero-order valence-electron chi connectivity index (χ0n) is 10.4.